The van der Waals surface area contributed by atoms with Crippen LogP contribution in [0.25, 0.3) is 0 Å². The monoisotopic (exact) mass is 583 g/mol. The Balaban J connectivity index is 1.27. The van der Waals surface area contributed by atoms with Crippen LogP contribution in [-0.2, 0) is 33.1 Å². The number of hydrogen-bond donors (Lipinski definition) is 2. The maximum Gasteiger partial charge on any atom is 0.205 e. The van der Waals surface area contributed by atoms with Gasteiger partial charge in [0.2, 0.25) is 5.79 Å². The van der Waals surface area contributed by atoms with Gasteiger partial charge in [0.05, 0.1) is 13.2 Å². The third-order valence-corrected chi connectivity index (χ3v) is 6.49. The van der Waals surface area contributed by atoms with Crippen LogP contribution in [0.15, 0.2) is 42.5 Å². The predicted octanol–water partition coefficient (Wildman–Crippen LogP) is 5.83. The fraction of sp³-hybridized carbons (Fsp3) is 0.556. The molecule has 2 N–H and O–H groups in total. The molecule has 0 saturated carbocycles. The molecule has 1 heterocycles. The minimum Gasteiger partial charge on any atom is -0.463 e. The molecule has 0 radical (unpaired) electrons. The summed E-state index contributed by atoms with van der Waals surface area (Å²) < 4.78 is 24.3. The fourth-order valence-corrected chi connectivity index (χ4v) is 4.40. The molecule has 0 bridgehead atoms. The van der Waals surface area contributed by atoms with Crippen molar-refractivity contribution in [3.63, 3.8) is 0 Å². The van der Waals surface area contributed by atoms with E-state index in [1.165, 1.54) is 3.57 Å². The third-order valence-electron chi connectivity index (χ3n) is 5.82. The molecule has 7 heteroatoms. The maximum absolute atomic E-state index is 10.9. The van der Waals surface area contributed by atoms with Crippen LogP contribution in [0, 0.1) is 3.57 Å². The second kappa shape index (κ2) is 12.6. The molecule has 2 aromatic carbocycles. The molecule has 0 fully saturated rings. The maximum atomic E-state index is 10.9. The molecular formula is C27H38INO5. The lowest BCUT2D eigenvalue weighted by atomic mass is 10.0. The van der Waals surface area contributed by atoms with Crippen molar-refractivity contribution >= 4 is 22.6 Å². The molecule has 0 aromatic heterocycles. The van der Waals surface area contributed by atoms with Crippen LogP contribution in [0.3, 0.4) is 0 Å². The van der Waals surface area contributed by atoms with Gasteiger partial charge in [-0.3, -0.25) is 5.32 Å². The summed E-state index contributed by atoms with van der Waals surface area (Å²) in [7, 11) is 0. The Morgan fingerprint density at radius 3 is 2.71 bits per heavy atom. The minimum atomic E-state index is -1.10. The first kappa shape index (κ1) is 27.4. The van der Waals surface area contributed by atoms with Crippen molar-refractivity contribution in [2.45, 2.75) is 84.4 Å². The van der Waals surface area contributed by atoms with E-state index in [-0.39, 0.29) is 6.29 Å². The van der Waals surface area contributed by atoms with Crippen LogP contribution >= 0.6 is 22.6 Å². The quantitative estimate of drug-likeness (QED) is 0.176. The topological polar surface area (TPSA) is 69.2 Å². The normalized spacial score (nSPS) is 17.5. The predicted molar refractivity (Wildman–Crippen MR) is 141 cm³/mol. The molecule has 0 saturated heterocycles. The van der Waals surface area contributed by atoms with Gasteiger partial charge < -0.3 is 24.1 Å². The Kier molecular flexibility index (Phi) is 10.2. The molecule has 188 valence electrons. The lowest BCUT2D eigenvalue weighted by Gasteiger charge is -2.34. The van der Waals surface area contributed by atoms with Crippen LogP contribution < -0.4 is 10.1 Å². The van der Waals surface area contributed by atoms with E-state index in [1.54, 1.807) is 6.92 Å². The first-order valence-corrected chi connectivity index (χ1v) is 13.1. The third kappa shape index (κ3) is 8.77. The number of rotatable bonds is 13. The van der Waals surface area contributed by atoms with Crippen LogP contribution in [0.2, 0.25) is 0 Å². The van der Waals surface area contributed by atoms with Crippen LogP contribution in [0.4, 0.5) is 0 Å². The number of benzene rings is 2. The Morgan fingerprint density at radius 1 is 1.12 bits per heavy atom. The van der Waals surface area contributed by atoms with Gasteiger partial charge in [-0.15, -0.1) is 0 Å². The first-order chi connectivity index (χ1) is 16.1. The SMILES string of the molecule is CC(OCCCCCCN[C@](C)(O)c1ccc2c(c1)COC(C)(C)O2)OCc1cccc(I)c1. The molecular weight excluding hydrogens is 545 g/mol. The van der Waals surface area contributed by atoms with E-state index in [1.807, 2.05) is 45.0 Å². The van der Waals surface area contributed by atoms with E-state index >= 15 is 0 Å². The molecule has 1 aliphatic rings. The lowest BCUT2D eigenvalue weighted by molar-refractivity contribution is -0.180. The van der Waals surface area contributed by atoms with Crippen molar-refractivity contribution in [1.82, 2.24) is 5.32 Å². The molecule has 1 aliphatic heterocycles. The summed E-state index contributed by atoms with van der Waals surface area (Å²) in [6.45, 7) is 9.99. The Bertz CT molecular complexity index is 918. The first-order valence-electron chi connectivity index (χ1n) is 12.1. The fourth-order valence-electron chi connectivity index (χ4n) is 3.79. The zero-order valence-electron chi connectivity index (χ0n) is 20.7. The van der Waals surface area contributed by atoms with Gasteiger partial charge in [-0.2, -0.15) is 0 Å². The Morgan fingerprint density at radius 2 is 1.91 bits per heavy atom. The highest BCUT2D eigenvalue weighted by atomic mass is 127. The highest BCUT2D eigenvalue weighted by molar-refractivity contribution is 14.1. The van der Waals surface area contributed by atoms with Crippen molar-refractivity contribution < 1.29 is 24.1 Å². The number of fused-ring (bicyclic) bond motifs is 1. The van der Waals surface area contributed by atoms with Crippen molar-refractivity contribution in [3.05, 3.63) is 62.7 Å². The van der Waals surface area contributed by atoms with Gasteiger partial charge in [0.15, 0.2) is 6.29 Å². The summed E-state index contributed by atoms with van der Waals surface area (Å²) in [5, 5.41) is 14.2. The summed E-state index contributed by atoms with van der Waals surface area (Å²) in [5.41, 5.74) is 1.82. The van der Waals surface area contributed by atoms with Crippen molar-refractivity contribution in [1.29, 1.82) is 0 Å². The molecule has 0 aliphatic carbocycles. The van der Waals surface area contributed by atoms with Crippen molar-refractivity contribution in [2.75, 3.05) is 13.2 Å². The largest absolute Gasteiger partial charge is 0.463 e. The van der Waals surface area contributed by atoms with Gasteiger partial charge >= 0.3 is 0 Å². The number of aliphatic hydroxyl groups is 1. The zero-order chi connectivity index (χ0) is 24.6. The van der Waals surface area contributed by atoms with E-state index in [4.69, 9.17) is 18.9 Å². The minimum absolute atomic E-state index is 0.215. The summed E-state index contributed by atoms with van der Waals surface area (Å²) in [6, 6.07) is 14.1. The Hall–Kier alpha value is -1.23. The van der Waals surface area contributed by atoms with Gasteiger partial charge in [0, 0.05) is 29.6 Å². The molecule has 34 heavy (non-hydrogen) atoms. The van der Waals surface area contributed by atoms with Gasteiger partial charge in [-0.1, -0.05) is 31.0 Å². The number of hydrogen-bond acceptors (Lipinski definition) is 6. The lowest BCUT2D eigenvalue weighted by Crippen LogP contribution is -2.40. The molecule has 3 rings (SSSR count). The smallest absolute Gasteiger partial charge is 0.205 e. The number of ether oxygens (including phenoxy) is 4. The average Bonchev–Trinajstić information content (AvgIpc) is 2.78. The molecule has 2 atom stereocenters. The van der Waals surface area contributed by atoms with Gasteiger partial charge in [0.1, 0.15) is 11.5 Å². The Labute approximate surface area is 217 Å². The number of halogens is 1. The molecule has 6 nitrogen and oxygen atoms in total. The van der Waals surface area contributed by atoms with Crippen LogP contribution in [0.1, 0.15) is 70.1 Å². The van der Waals surface area contributed by atoms with E-state index < -0.39 is 11.5 Å². The summed E-state index contributed by atoms with van der Waals surface area (Å²) in [5.74, 6) is 0.194. The van der Waals surface area contributed by atoms with Crippen molar-refractivity contribution in [3.8, 4) is 5.75 Å². The number of nitrogens with one attached hydrogen (secondary N) is 1. The molecule has 2 aromatic rings. The average molecular weight is 584 g/mol. The highest BCUT2D eigenvalue weighted by Crippen LogP contribution is 2.33. The van der Waals surface area contributed by atoms with E-state index in [0.29, 0.717) is 19.8 Å². The zero-order valence-corrected chi connectivity index (χ0v) is 22.9. The standard InChI is InChI=1S/C27H38INO5/c1-20(32-18-21-10-9-11-24(28)16-21)31-15-8-6-5-7-14-29-27(4,30)23-12-13-25-22(17-23)19-33-26(2,3)34-25/h9-13,16-17,20,29-30H,5-8,14-15,18-19H2,1-4H3/t20?,27-/m1/s1. The van der Waals surface area contributed by atoms with Crippen LogP contribution in [0.5, 0.6) is 5.75 Å². The van der Waals surface area contributed by atoms with Gasteiger partial charge in [-0.05, 0) is 91.2 Å². The summed E-state index contributed by atoms with van der Waals surface area (Å²) in [4.78, 5) is 0. The van der Waals surface area contributed by atoms with E-state index in [2.05, 4.69) is 46.1 Å². The second-order valence-corrected chi connectivity index (χ2v) is 10.7. The summed E-state index contributed by atoms with van der Waals surface area (Å²) >= 11 is 2.30. The molecule has 0 spiro atoms. The second-order valence-electron chi connectivity index (χ2n) is 9.41. The molecule has 0 amide bonds. The summed E-state index contributed by atoms with van der Waals surface area (Å²) in [6.07, 6.45) is 3.92. The number of unbranched alkanes of at least 4 members (excludes halogenated alkanes) is 3. The molecule has 1 unspecified atom stereocenters. The van der Waals surface area contributed by atoms with E-state index in [0.717, 1.165) is 54.7 Å². The van der Waals surface area contributed by atoms with Gasteiger partial charge in [-0.25, -0.2) is 0 Å². The van der Waals surface area contributed by atoms with Crippen LogP contribution in [-0.4, -0.2) is 30.3 Å². The highest BCUT2D eigenvalue weighted by Gasteiger charge is 2.29. The van der Waals surface area contributed by atoms with Gasteiger partial charge in [0.25, 0.3) is 0 Å². The van der Waals surface area contributed by atoms with E-state index in [9.17, 15) is 5.11 Å². The van der Waals surface area contributed by atoms with Crippen molar-refractivity contribution in [2.24, 2.45) is 0 Å².